The second-order valence-electron chi connectivity index (χ2n) is 8.13. The van der Waals surface area contributed by atoms with Crippen molar-refractivity contribution in [1.82, 2.24) is 25.4 Å². The molecule has 12 nitrogen and oxygen atoms in total. The van der Waals surface area contributed by atoms with Crippen molar-refractivity contribution in [3.8, 4) is 0 Å². The fraction of sp³-hybridized carbons (Fsp3) is 0.381. The van der Waals surface area contributed by atoms with Gasteiger partial charge in [0.2, 0.25) is 0 Å². The smallest absolute Gasteiger partial charge is 0.352 e. The summed E-state index contributed by atoms with van der Waals surface area (Å²) in [5.41, 5.74) is 8.05. The number of thiazole rings is 1. The van der Waals surface area contributed by atoms with E-state index in [4.69, 9.17) is 10.6 Å². The van der Waals surface area contributed by atoms with Crippen molar-refractivity contribution >= 4 is 74.8 Å². The number of fused-ring (bicyclic) bond motifs is 1. The molecule has 2 amide bonds. The summed E-state index contributed by atoms with van der Waals surface area (Å²) in [7, 11) is 0. The maximum atomic E-state index is 13.2. The van der Waals surface area contributed by atoms with E-state index < -0.39 is 29.2 Å². The fourth-order valence-corrected chi connectivity index (χ4v) is 7.49. The third-order valence-corrected chi connectivity index (χ3v) is 9.68. The van der Waals surface area contributed by atoms with Gasteiger partial charge in [0.15, 0.2) is 15.2 Å². The quantitative estimate of drug-likeness (QED) is 0.130. The summed E-state index contributed by atoms with van der Waals surface area (Å²) in [5.74, 6) is -1.58. The standard InChI is InChI=1S/C21H21N7O5S4/c22-20-24-12(8-35-20)13(27-33-11-4-2-1-3-5-11)16(29)25-14-17(30)28-15(19(31)32)10(6-34-18(14)28)7-36-21-26-23-9-37-21/h2,4,8-9,11,14,18H,1,3,5-7H2,(H2,22,24)(H,25,29)(H,31,32)/t11?,14?,18-/m1/s1. The molecule has 0 spiro atoms. The number of carbonyl (C=O) groups is 3. The lowest BCUT2D eigenvalue weighted by atomic mass is 10.0. The third kappa shape index (κ3) is 5.51. The molecule has 1 saturated heterocycles. The van der Waals surface area contributed by atoms with Gasteiger partial charge in [-0.25, -0.2) is 9.78 Å². The van der Waals surface area contributed by atoms with Crippen LogP contribution in [0.15, 0.2) is 43.8 Å². The van der Waals surface area contributed by atoms with Gasteiger partial charge in [0.1, 0.15) is 34.4 Å². The van der Waals surface area contributed by atoms with E-state index in [1.165, 1.54) is 39.8 Å². The van der Waals surface area contributed by atoms with Crippen LogP contribution in [0.5, 0.6) is 0 Å². The van der Waals surface area contributed by atoms with Crippen LogP contribution >= 0.6 is 46.2 Å². The molecule has 2 aromatic rings. The number of hydrogen-bond donors (Lipinski definition) is 3. The molecule has 3 atom stereocenters. The third-order valence-electron chi connectivity index (χ3n) is 5.72. The fourth-order valence-electron chi connectivity index (χ4n) is 3.97. The molecule has 0 aromatic carbocycles. The van der Waals surface area contributed by atoms with Crippen molar-refractivity contribution in [2.24, 2.45) is 5.16 Å². The van der Waals surface area contributed by atoms with E-state index in [9.17, 15) is 19.5 Å². The summed E-state index contributed by atoms with van der Waals surface area (Å²) in [6.07, 6.45) is 6.32. The number of anilines is 1. The van der Waals surface area contributed by atoms with Gasteiger partial charge in [0.25, 0.3) is 11.8 Å². The number of nitrogens with two attached hydrogens (primary N) is 1. The number of thioether (sulfide) groups is 2. The van der Waals surface area contributed by atoms with Crippen molar-refractivity contribution in [2.75, 3.05) is 17.2 Å². The maximum Gasteiger partial charge on any atom is 0.352 e. The maximum absolute atomic E-state index is 13.2. The number of aliphatic carboxylic acids is 1. The first kappa shape index (κ1) is 25.7. The number of nitrogens with zero attached hydrogens (tertiary/aromatic N) is 5. The molecule has 4 heterocycles. The number of carboxylic acids is 1. The number of nitrogen functional groups attached to an aromatic ring is 1. The van der Waals surface area contributed by atoms with Gasteiger partial charge in [-0.15, -0.1) is 33.3 Å². The predicted molar refractivity (Wildman–Crippen MR) is 141 cm³/mol. The summed E-state index contributed by atoms with van der Waals surface area (Å²) >= 11 is 5.27. The van der Waals surface area contributed by atoms with Crippen LogP contribution in [0.3, 0.4) is 0 Å². The molecule has 0 bridgehead atoms. The minimum Gasteiger partial charge on any atom is -0.477 e. The molecular formula is C21H21N7O5S4. The molecule has 4 N–H and O–H groups in total. The summed E-state index contributed by atoms with van der Waals surface area (Å²) in [5, 5.41) is 25.7. The first-order valence-corrected chi connectivity index (χ1v) is 14.9. The van der Waals surface area contributed by atoms with Gasteiger partial charge < -0.3 is 21.0 Å². The monoisotopic (exact) mass is 579 g/mol. The van der Waals surface area contributed by atoms with Gasteiger partial charge in [-0.2, -0.15) is 0 Å². The summed E-state index contributed by atoms with van der Waals surface area (Å²) < 4.78 is 0.713. The lowest BCUT2D eigenvalue weighted by Crippen LogP contribution is -2.71. The largest absolute Gasteiger partial charge is 0.477 e. The summed E-state index contributed by atoms with van der Waals surface area (Å²) in [6, 6.07) is -0.917. The number of amides is 2. The Morgan fingerprint density at radius 2 is 2.24 bits per heavy atom. The molecule has 2 aromatic heterocycles. The second-order valence-corrected chi connectivity index (χ2v) is 12.2. The molecule has 3 aliphatic rings. The molecular weight excluding hydrogens is 559 g/mol. The minimum atomic E-state index is -1.19. The van der Waals surface area contributed by atoms with Gasteiger partial charge in [-0.3, -0.25) is 14.5 Å². The molecule has 37 heavy (non-hydrogen) atoms. The Hall–Kier alpha value is -2.95. The van der Waals surface area contributed by atoms with Crippen molar-refractivity contribution in [3.63, 3.8) is 0 Å². The van der Waals surface area contributed by atoms with Crippen LogP contribution in [0.2, 0.25) is 0 Å². The molecule has 5 rings (SSSR count). The molecule has 2 aliphatic heterocycles. The molecule has 2 unspecified atom stereocenters. The zero-order valence-corrected chi connectivity index (χ0v) is 22.4. The summed E-state index contributed by atoms with van der Waals surface area (Å²) in [4.78, 5) is 49.3. The van der Waals surface area contributed by atoms with E-state index in [0.29, 0.717) is 21.4 Å². The van der Waals surface area contributed by atoms with Crippen LogP contribution < -0.4 is 11.1 Å². The Kier molecular flexibility index (Phi) is 7.78. The van der Waals surface area contributed by atoms with Gasteiger partial charge in [0, 0.05) is 16.9 Å². The van der Waals surface area contributed by atoms with Crippen molar-refractivity contribution in [2.45, 2.75) is 41.1 Å². The van der Waals surface area contributed by atoms with Crippen LogP contribution in [0.4, 0.5) is 5.13 Å². The van der Waals surface area contributed by atoms with E-state index in [0.717, 1.165) is 30.6 Å². The first-order valence-electron chi connectivity index (χ1n) is 11.1. The number of allylic oxidation sites excluding steroid dienone is 1. The zero-order chi connectivity index (χ0) is 25.9. The lowest BCUT2D eigenvalue weighted by molar-refractivity contribution is -0.150. The highest BCUT2D eigenvalue weighted by atomic mass is 32.2. The Balaban J connectivity index is 1.31. The lowest BCUT2D eigenvalue weighted by Gasteiger charge is -2.49. The molecule has 194 valence electrons. The number of oxime groups is 1. The first-order chi connectivity index (χ1) is 17.9. The molecule has 1 aliphatic carbocycles. The van der Waals surface area contributed by atoms with Gasteiger partial charge in [-0.1, -0.05) is 34.3 Å². The Morgan fingerprint density at radius 3 is 2.92 bits per heavy atom. The SMILES string of the molecule is Nc1nc(C(=NOC2C=CCCC2)C(=O)NC2C(=O)N3C(C(=O)O)=C(CSc4nncs4)CS[C@H]23)cs1. The highest BCUT2D eigenvalue weighted by molar-refractivity contribution is 8.01. The van der Waals surface area contributed by atoms with Gasteiger partial charge in [0.05, 0.1) is 0 Å². The highest BCUT2D eigenvalue weighted by Crippen LogP contribution is 2.41. The molecule has 1 fully saturated rings. The minimum absolute atomic E-state index is 0.0511. The number of β-lactam (4-membered cyclic amide) rings is 1. The Morgan fingerprint density at radius 1 is 1.38 bits per heavy atom. The number of aromatic nitrogens is 3. The molecule has 16 heteroatoms. The predicted octanol–water partition coefficient (Wildman–Crippen LogP) is 1.94. The Bertz CT molecular complexity index is 1290. The van der Waals surface area contributed by atoms with E-state index >= 15 is 0 Å². The summed E-state index contributed by atoms with van der Waals surface area (Å²) in [6.45, 7) is 0. The molecule has 0 saturated carbocycles. The second kappa shape index (κ2) is 11.2. The van der Waals surface area contributed by atoms with E-state index in [1.54, 1.807) is 10.9 Å². The van der Waals surface area contributed by atoms with Crippen LogP contribution in [-0.2, 0) is 19.2 Å². The van der Waals surface area contributed by atoms with Crippen LogP contribution in [0, 0.1) is 0 Å². The van der Waals surface area contributed by atoms with Gasteiger partial charge in [-0.05, 0) is 30.9 Å². The number of carbonyl (C=O) groups excluding carboxylic acids is 2. The number of rotatable bonds is 9. The number of hydrogen-bond acceptors (Lipinski definition) is 13. The number of nitrogens with one attached hydrogen (secondary N) is 1. The van der Waals surface area contributed by atoms with E-state index in [-0.39, 0.29) is 28.3 Å². The Labute approximate surface area is 227 Å². The van der Waals surface area contributed by atoms with E-state index in [2.05, 4.69) is 25.7 Å². The van der Waals surface area contributed by atoms with Crippen molar-refractivity contribution < 1.29 is 24.3 Å². The van der Waals surface area contributed by atoms with E-state index in [1.807, 2.05) is 12.2 Å². The average Bonchev–Trinajstić information content (AvgIpc) is 3.58. The normalized spacial score (nSPS) is 23.5. The van der Waals surface area contributed by atoms with Crippen LogP contribution in [0.1, 0.15) is 25.0 Å². The topological polar surface area (TPSA) is 173 Å². The molecule has 0 radical (unpaired) electrons. The van der Waals surface area contributed by atoms with Crippen molar-refractivity contribution in [1.29, 1.82) is 0 Å². The van der Waals surface area contributed by atoms with Crippen molar-refractivity contribution in [3.05, 3.63) is 40.0 Å². The highest BCUT2D eigenvalue weighted by Gasteiger charge is 2.54. The van der Waals surface area contributed by atoms with Gasteiger partial charge >= 0.3 is 5.97 Å². The average molecular weight is 580 g/mol. The zero-order valence-electron chi connectivity index (χ0n) is 19.1. The van der Waals surface area contributed by atoms with Crippen LogP contribution in [-0.4, -0.2) is 77.7 Å². The van der Waals surface area contributed by atoms with Crippen LogP contribution in [0.25, 0.3) is 0 Å². The number of carboxylic acid groups (broad SMARTS) is 1.